The lowest BCUT2D eigenvalue weighted by molar-refractivity contribution is 0.140. The Balaban J connectivity index is 1.31. The minimum Gasteiger partial charge on any atom is -0.495 e. The zero-order valence-corrected chi connectivity index (χ0v) is 24.9. The van der Waals surface area contributed by atoms with Gasteiger partial charge < -0.3 is 30.7 Å². The molecule has 11 heteroatoms. The molecule has 3 aromatic carbocycles. The lowest BCUT2D eigenvalue weighted by Gasteiger charge is -2.33. The number of hydrogen-bond donors (Lipinski definition) is 3. The number of nitrogens with one attached hydrogen (secondary N) is 2. The summed E-state index contributed by atoms with van der Waals surface area (Å²) in [5.41, 5.74) is 10.6. The lowest BCUT2D eigenvalue weighted by atomic mass is 10.0. The summed E-state index contributed by atoms with van der Waals surface area (Å²) in [5.74, 6) is 1.64. The van der Waals surface area contributed by atoms with Crippen LogP contribution in [0.5, 0.6) is 11.5 Å². The molecule has 0 spiro atoms. The van der Waals surface area contributed by atoms with Crippen molar-refractivity contribution in [2.24, 2.45) is 5.73 Å². The number of carbonyl (C=O) groups excluding carboxylic acids is 1. The van der Waals surface area contributed by atoms with Gasteiger partial charge in [0.1, 0.15) is 27.4 Å². The molecule has 0 saturated carbocycles. The SMILES string of the molecule is COc1cc(OC)c(Cl)c(Nc2ccccc2-c2cccc(Nc3ccc(CN4CCN(C(N)=O)CC4)cn3)c2)c1Cl. The van der Waals surface area contributed by atoms with Gasteiger partial charge in [0.05, 0.1) is 19.9 Å². The van der Waals surface area contributed by atoms with Crippen molar-refractivity contribution in [2.75, 3.05) is 51.0 Å². The van der Waals surface area contributed by atoms with E-state index in [1.807, 2.05) is 54.7 Å². The Kier molecular flexibility index (Phi) is 9.22. The quantitative estimate of drug-likeness (QED) is 0.193. The summed E-state index contributed by atoms with van der Waals surface area (Å²) in [7, 11) is 3.09. The van der Waals surface area contributed by atoms with Crippen molar-refractivity contribution >= 4 is 52.1 Å². The number of rotatable bonds is 9. The van der Waals surface area contributed by atoms with Gasteiger partial charge in [-0.15, -0.1) is 0 Å². The minimum absolute atomic E-state index is 0.357. The number of pyridine rings is 1. The van der Waals surface area contributed by atoms with Crippen LogP contribution in [0, 0.1) is 0 Å². The normalized spacial score (nSPS) is 13.5. The molecule has 2 heterocycles. The van der Waals surface area contributed by atoms with Crippen molar-refractivity contribution in [1.82, 2.24) is 14.8 Å². The van der Waals surface area contributed by atoms with E-state index in [1.165, 1.54) is 0 Å². The van der Waals surface area contributed by atoms with Crippen LogP contribution in [0.2, 0.25) is 10.0 Å². The molecule has 4 N–H and O–H groups in total. The zero-order valence-electron chi connectivity index (χ0n) is 23.4. The Morgan fingerprint density at radius 2 is 1.62 bits per heavy atom. The number of nitrogens with zero attached hydrogens (tertiary/aromatic N) is 3. The first-order valence-electron chi connectivity index (χ1n) is 13.4. The first-order valence-corrected chi connectivity index (χ1v) is 14.2. The van der Waals surface area contributed by atoms with Crippen molar-refractivity contribution in [1.29, 1.82) is 0 Å². The van der Waals surface area contributed by atoms with Crippen LogP contribution in [0.15, 0.2) is 72.9 Å². The molecule has 5 rings (SSSR count). The predicted octanol–water partition coefficient (Wildman–Crippen LogP) is 6.76. The summed E-state index contributed by atoms with van der Waals surface area (Å²) < 4.78 is 10.8. The van der Waals surface area contributed by atoms with Crippen LogP contribution in [-0.4, -0.2) is 61.2 Å². The Morgan fingerprint density at radius 1 is 0.905 bits per heavy atom. The molecule has 0 unspecified atom stereocenters. The third-order valence-electron chi connectivity index (χ3n) is 7.12. The largest absolute Gasteiger partial charge is 0.495 e. The average molecular weight is 608 g/mol. The van der Waals surface area contributed by atoms with Gasteiger partial charge in [0.25, 0.3) is 0 Å². The van der Waals surface area contributed by atoms with E-state index in [0.29, 0.717) is 40.3 Å². The summed E-state index contributed by atoms with van der Waals surface area (Å²) in [6.45, 7) is 3.63. The molecule has 0 radical (unpaired) electrons. The van der Waals surface area contributed by atoms with Gasteiger partial charge in [-0.2, -0.15) is 0 Å². The number of piperazine rings is 1. The highest BCUT2D eigenvalue weighted by Crippen LogP contribution is 2.46. The highest BCUT2D eigenvalue weighted by Gasteiger charge is 2.20. The van der Waals surface area contributed by atoms with Crippen LogP contribution in [0.3, 0.4) is 0 Å². The van der Waals surface area contributed by atoms with Gasteiger partial charge in [-0.3, -0.25) is 4.90 Å². The maximum Gasteiger partial charge on any atom is 0.314 e. The van der Waals surface area contributed by atoms with E-state index in [2.05, 4.69) is 32.7 Å². The number of halogens is 2. The smallest absolute Gasteiger partial charge is 0.314 e. The number of nitrogens with two attached hydrogens (primary N) is 1. The number of carbonyl (C=O) groups is 1. The molecule has 0 aliphatic carbocycles. The molecule has 1 saturated heterocycles. The van der Waals surface area contributed by atoms with Gasteiger partial charge in [-0.25, -0.2) is 9.78 Å². The summed E-state index contributed by atoms with van der Waals surface area (Å²) >= 11 is 13.2. The van der Waals surface area contributed by atoms with E-state index < -0.39 is 0 Å². The molecule has 42 heavy (non-hydrogen) atoms. The third kappa shape index (κ3) is 6.65. The fraction of sp³-hybridized carbons (Fsp3) is 0.226. The number of primary amides is 1. The van der Waals surface area contributed by atoms with E-state index in [4.69, 9.17) is 38.4 Å². The third-order valence-corrected chi connectivity index (χ3v) is 7.87. The molecule has 218 valence electrons. The van der Waals surface area contributed by atoms with Crippen LogP contribution >= 0.6 is 23.2 Å². The summed E-state index contributed by atoms with van der Waals surface area (Å²) in [6.07, 6.45) is 1.88. The van der Waals surface area contributed by atoms with Crippen LogP contribution in [0.25, 0.3) is 11.1 Å². The molecule has 1 fully saturated rings. The molecule has 9 nitrogen and oxygen atoms in total. The van der Waals surface area contributed by atoms with Gasteiger partial charge in [-0.1, -0.05) is 59.6 Å². The second kappa shape index (κ2) is 13.2. The average Bonchev–Trinajstić information content (AvgIpc) is 3.01. The van der Waals surface area contributed by atoms with Crippen LogP contribution in [-0.2, 0) is 6.54 Å². The summed E-state index contributed by atoms with van der Waals surface area (Å²) in [6, 6.07) is 21.3. The number of aromatic nitrogens is 1. The number of anilines is 4. The fourth-order valence-corrected chi connectivity index (χ4v) is 5.46. The lowest BCUT2D eigenvalue weighted by Crippen LogP contribution is -2.50. The van der Waals surface area contributed by atoms with Gasteiger partial charge in [0.15, 0.2) is 0 Å². The van der Waals surface area contributed by atoms with E-state index in [9.17, 15) is 4.79 Å². The highest BCUT2D eigenvalue weighted by molar-refractivity contribution is 6.41. The van der Waals surface area contributed by atoms with Gasteiger partial charge in [0.2, 0.25) is 0 Å². The van der Waals surface area contributed by atoms with Crippen molar-refractivity contribution in [3.63, 3.8) is 0 Å². The van der Waals surface area contributed by atoms with Gasteiger partial charge in [0, 0.05) is 61.9 Å². The number of hydrogen-bond acceptors (Lipinski definition) is 7. The number of para-hydroxylation sites is 1. The molecular weight excluding hydrogens is 575 g/mol. The molecule has 1 aromatic heterocycles. The number of amides is 2. The van der Waals surface area contributed by atoms with Crippen molar-refractivity contribution in [3.8, 4) is 22.6 Å². The highest BCUT2D eigenvalue weighted by atomic mass is 35.5. The number of benzene rings is 3. The van der Waals surface area contributed by atoms with Crippen molar-refractivity contribution < 1.29 is 14.3 Å². The summed E-state index contributed by atoms with van der Waals surface area (Å²) in [5, 5.41) is 7.50. The molecule has 1 aliphatic heterocycles. The molecule has 2 amide bonds. The number of ether oxygens (including phenoxy) is 2. The molecular formula is C31H32Cl2N6O3. The number of urea groups is 1. The van der Waals surface area contributed by atoms with E-state index in [0.717, 1.165) is 53.5 Å². The fourth-order valence-electron chi connectivity index (χ4n) is 4.86. The Bertz CT molecular complexity index is 1530. The Morgan fingerprint density at radius 3 is 2.26 bits per heavy atom. The Labute approximate surface area is 255 Å². The first-order chi connectivity index (χ1) is 20.4. The van der Waals surface area contributed by atoms with Crippen LogP contribution < -0.4 is 25.8 Å². The molecule has 0 atom stereocenters. The standard InChI is InChI=1S/C31H32Cl2N6O3/c1-41-25-17-26(42-2)29(33)30(28(25)32)37-24-9-4-3-8-23(24)21-6-5-7-22(16-21)36-27-11-10-20(18-35-27)19-38-12-14-39(15-13-38)31(34)40/h3-11,16-18,37H,12-15,19H2,1-2H3,(H2,34,40)(H,35,36). The molecule has 0 bridgehead atoms. The topological polar surface area (TPSA) is 105 Å². The predicted molar refractivity (Wildman–Crippen MR) is 169 cm³/mol. The van der Waals surface area contributed by atoms with Crippen molar-refractivity contribution in [2.45, 2.75) is 6.54 Å². The van der Waals surface area contributed by atoms with Crippen LogP contribution in [0.4, 0.5) is 27.7 Å². The molecule has 4 aromatic rings. The minimum atomic E-state index is -0.359. The zero-order chi connectivity index (χ0) is 29.6. The maximum absolute atomic E-state index is 11.4. The van der Waals surface area contributed by atoms with Gasteiger partial charge >= 0.3 is 6.03 Å². The van der Waals surface area contributed by atoms with E-state index in [-0.39, 0.29) is 6.03 Å². The first kappa shape index (κ1) is 29.3. The van der Waals surface area contributed by atoms with E-state index in [1.54, 1.807) is 25.2 Å². The monoisotopic (exact) mass is 606 g/mol. The summed E-state index contributed by atoms with van der Waals surface area (Å²) in [4.78, 5) is 19.9. The number of methoxy groups -OCH3 is 2. The maximum atomic E-state index is 11.4. The van der Waals surface area contributed by atoms with Gasteiger partial charge in [-0.05, 0) is 35.4 Å². The van der Waals surface area contributed by atoms with Crippen molar-refractivity contribution in [3.05, 3.63) is 88.5 Å². The van der Waals surface area contributed by atoms with E-state index >= 15 is 0 Å². The second-order valence-electron chi connectivity index (χ2n) is 9.81. The second-order valence-corrected chi connectivity index (χ2v) is 10.6. The Hall–Kier alpha value is -4.18. The van der Waals surface area contributed by atoms with Crippen LogP contribution in [0.1, 0.15) is 5.56 Å². The molecule has 1 aliphatic rings.